The lowest BCUT2D eigenvalue weighted by atomic mass is 10.1. The molecule has 22 heavy (non-hydrogen) atoms. The van der Waals surface area contributed by atoms with E-state index in [1.54, 1.807) is 7.11 Å². The Labute approximate surface area is 133 Å². The molecular weight excluding hydrogens is 296 g/mol. The number of aromatic nitrogens is 2. The first-order chi connectivity index (χ1) is 10.6. The fourth-order valence-corrected chi connectivity index (χ4v) is 2.61. The van der Waals surface area contributed by atoms with Crippen LogP contribution < -0.4 is 16.2 Å². The lowest BCUT2D eigenvalue weighted by Crippen LogP contribution is -2.17. The Hall–Kier alpha value is -2.60. The third-order valence-electron chi connectivity index (χ3n) is 3.46. The molecule has 0 unspecified atom stereocenters. The van der Waals surface area contributed by atoms with Gasteiger partial charge in [0, 0.05) is 5.56 Å². The van der Waals surface area contributed by atoms with Gasteiger partial charge >= 0.3 is 0 Å². The molecule has 0 aliphatic heterocycles. The van der Waals surface area contributed by atoms with Gasteiger partial charge in [0.2, 0.25) is 0 Å². The highest BCUT2D eigenvalue weighted by Gasteiger charge is 2.14. The van der Waals surface area contributed by atoms with E-state index in [0.717, 1.165) is 22.4 Å². The van der Waals surface area contributed by atoms with Crippen molar-refractivity contribution in [3.05, 3.63) is 42.5 Å². The standard InChI is InChI=1S/C16H16N4OS/c1-21-14-7-6-10(8-11(14)17)16-19-12-4-2-3-5-13(12)20(16)9-15(18)22/h2-8H,9,17H2,1H3,(H2,18,22). The number of hydrogen-bond donors (Lipinski definition) is 2. The quantitative estimate of drug-likeness (QED) is 0.572. The summed E-state index contributed by atoms with van der Waals surface area (Å²) in [6, 6.07) is 13.5. The first kappa shape index (κ1) is 14.3. The van der Waals surface area contributed by atoms with Gasteiger partial charge in [-0.3, -0.25) is 0 Å². The summed E-state index contributed by atoms with van der Waals surface area (Å²) in [5.74, 6) is 1.42. The highest BCUT2D eigenvalue weighted by molar-refractivity contribution is 7.80. The maximum atomic E-state index is 6.00. The summed E-state index contributed by atoms with van der Waals surface area (Å²) in [6.07, 6.45) is 0. The zero-order valence-corrected chi connectivity index (χ0v) is 12.9. The number of para-hydroxylation sites is 2. The second-order valence-corrected chi connectivity index (χ2v) is 5.46. The second kappa shape index (κ2) is 5.65. The van der Waals surface area contributed by atoms with Crippen LogP contribution in [0.15, 0.2) is 42.5 Å². The highest BCUT2D eigenvalue weighted by Crippen LogP contribution is 2.30. The molecule has 2 aromatic carbocycles. The molecule has 0 aliphatic carbocycles. The summed E-state index contributed by atoms with van der Waals surface area (Å²) in [6.45, 7) is 0.428. The molecule has 0 amide bonds. The second-order valence-electron chi connectivity index (χ2n) is 4.93. The number of anilines is 1. The lowest BCUT2D eigenvalue weighted by Gasteiger charge is -2.10. The van der Waals surface area contributed by atoms with E-state index in [0.29, 0.717) is 23.0 Å². The van der Waals surface area contributed by atoms with E-state index in [1.165, 1.54) is 0 Å². The van der Waals surface area contributed by atoms with Crippen molar-refractivity contribution < 1.29 is 4.74 Å². The van der Waals surface area contributed by atoms with Crippen LogP contribution >= 0.6 is 12.2 Å². The van der Waals surface area contributed by atoms with E-state index in [2.05, 4.69) is 4.98 Å². The van der Waals surface area contributed by atoms with E-state index in [9.17, 15) is 0 Å². The molecule has 1 aromatic heterocycles. The molecule has 6 heteroatoms. The van der Waals surface area contributed by atoms with E-state index >= 15 is 0 Å². The molecule has 3 rings (SSSR count). The van der Waals surface area contributed by atoms with E-state index in [4.69, 9.17) is 28.4 Å². The number of thiocarbonyl (C=S) groups is 1. The molecule has 0 fully saturated rings. The van der Waals surface area contributed by atoms with Crippen LogP contribution in [0.4, 0.5) is 5.69 Å². The van der Waals surface area contributed by atoms with Gasteiger partial charge in [0.1, 0.15) is 11.6 Å². The molecule has 0 spiro atoms. The zero-order chi connectivity index (χ0) is 15.7. The SMILES string of the molecule is COc1ccc(-c2nc3ccccc3n2CC(N)=S)cc1N. The zero-order valence-electron chi connectivity index (χ0n) is 12.1. The van der Waals surface area contributed by atoms with Gasteiger partial charge in [-0.05, 0) is 30.3 Å². The summed E-state index contributed by atoms with van der Waals surface area (Å²) < 4.78 is 7.20. The smallest absolute Gasteiger partial charge is 0.141 e. The molecule has 1 heterocycles. The third-order valence-corrected chi connectivity index (χ3v) is 3.59. The Morgan fingerprint density at radius 3 is 2.73 bits per heavy atom. The Bertz CT molecular complexity index is 856. The van der Waals surface area contributed by atoms with Crippen molar-refractivity contribution in [2.75, 3.05) is 12.8 Å². The van der Waals surface area contributed by atoms with Gasteiger partial charge in [0.05, 0.1) is 35.4 Å². The van der Waals surface area contributed by atoms with Crippen molar-refractivity contribution in [3.8, 4) is 17.1 Å². The number of methoxy groups -OCH3 is 1. The van der Waals surface area contributed by atoms with Crippen LogP contribution in [-0.4, -0.2) is 21.6 Å². The number of ether oxygens (including phenoxy) is 1. The summed E-state index contributed by atoms with van der Waals surface area (Å²) in [5, 5.41) is 0. The topological polar surface area (TPSA) is 79.1 Å². The average molecular weight is 312 g/mol. The Morgan fingerprint density at radius 1 is 1.27 bits per heavy atom. The van der Waals surface area contributed by atoms with Gasteiger partial charge in [-0.2, -0.15) is 0 Å². The molecule has 4 N–H and O–H groups in total. The molecular formula is C16H16N4OS. The number of nitrogens with two attached hydrogens (primary N) is 2. The summed E-state index contributed by atoms with van der Waals surface area (Å²) in [7, 11) is 1.59. The van der Waals surface area contributed by atoms with Crippen molar-refractivity contribution in [2.24, 2.45) is 5.73 Å². The number of fused-ring (bicyclic) bond motifs is 1. The predicted octanol–water partition coefficient (Wildman–Crippen LogP) is 2.58. The fourth-order valence-electron chi connectivity index (χ4n) is 2.49. The molecule has 0 radical (unpaired) electrons. The molecule has 0 saturated carbocycles. The van der Waals surface area contributed by atoms with Crippen LogP contribution in [0.2, 0.25) is 0 Å². The van der Waals surface area contributed by atoms with Crippen molar-refractivity contribution in [2.45, 2.75) is 6.54 Å². The van der Waals surface area contributed by atoms with Gasteiger partial charge in [-0.15, -0.1) is 0 Å². The molecule has 0 saturated heterocycles. The van der Waals surface area contributed by atoms with Crippen LogP contribution in [0.5, 0.6) is 5.75 Å². The molecule has 112 valence electrons. The van der Waals surface area contributed by atoms with Gasteiger partial charge < -0.3 is 20.8 Å². The number of hydrogen-bond acceptors (Lipinski definition) is 4. The monoisotopic (exact) mass is 312 g/mol. The van der Waals surface area contributed by atoms with Crippen molar-refractivity contribution >= 4 is 33.9 Å². The largest absolute Gasteiger partial charge is 0.495 e. The molecule has 5 nitrogen and oxygen atoms in total. The summed E-state index contributed by atoms with van der Waals surface area (Å²) in [4.78, 5) is 5.09. The maximum absolute atomic E-state index is 6.00. The van der Waals surface area contributed by atoms with Crippen molar-refractivity contribution in [3.63, 3.8) is 0 Å². The first-order valence-electron chi connectivity index (χ1n) is 6.77. The first-order valence-corrected chi connectivity index (χ1v) is 7.18. The number of benzene rings is 2. The number of nitrogens with zero attached hydrogens (tertiary/aromatic N) is 2. The Morgan fingerprint density at radius 2 is 2.05 bits per heavy atom. The van der Waals surface area contributed by atoms with Gasteiger partial charge in [-0.25, -0.2) is 4.98 Å². The number of rotatable bonds is 4. The van der Waals surface area contributed by atoms with E-state index in [-0.39, 0.29) is 0 Å². The van der Waals surface area contributed by atoms with Crippen molar-refractivity contribution in [1.29, 1.82) is 0 Å². The third kappa shape index (κ3) is 2.48. The normalized spacial score (nSPS) is 10.8. The Kier molecular flexibility index (Phi) is 3.68. The van der Waals surface area contributed by atoms with Crippen LogP contribution in [0.1, 0.15) is 0 Å². The molecule has 0 aliphatic rings. The summed E-state index contributed by atoms with van der Waals surface area (Å²) >= 11 is 5.07. The predicted molar refractivity (Wildman–Crippen MR) is 92.9 cm³/mol. The van der Waals surface area contributed by atoms with E-state index in [1.807, 2.05) is 47.0 Å². The van der Waals surface area contributed by atoms with Crippen LogP contribution in [-0.2, 0) is 6.54 Å². The van der Waals surface area contributed by atoms with Crippen molar-refractivity contribution in [1.82, 2.24) is 9.55 Å². The van der Waals surface area contributed by atoms with Crippen LogP contribution in [0.25, 0.3) is 22.4 Å². The molecule has 3 aromatic rings. The van der Waals surface area contributed by atoms with Crippen LogP contribution in [0.3, 0.4) is 0 Å². The minimum atomic E-state index is 0.408. The van der Waals surface area contributed by atoms with Gasteiger partial charge in [0.25, 0.3) is 0 Å². The van der Waals surface area contributed by atoms with E-state index < -0.39 is 0 Å². The Balaban J connectivity index is 2.21. The number of nitrogen functional groups attached to an aromatic ring is 1. The van der Waals surface area contributed by atoms with Crippen LogP contribution in [0, 0.1) is 0 Å². The summed E-state index contributed by atoms with van der Waals surface area (Å²) in [5.41, 5.74) is 15.1. The molecule has 0 atom stereocenters. The average Bonchev–Trinajstić information content (AvgIpc) is 2.85. The highest BCUT2D eigenvalue weighted by atomic mass is 32.1. The fraction of sp³-hybridized carbons (Fsp3) is 0.125. The van der Waals surface area contributed by atoms with Gasteiger partial charge in [-0.1, -0.05) is 24.4 Å². The number of imidazole rings is 1. The lowest BCUT2D eigenvalue weighted by molar-refractivity contribution is 0.417. The maximum Gasteiger partial charge on any atom is 0.141 e. The minimum Gasteiger partial charge on any atom is -0.495 e. The molecule has 0 bridgehead atoms. The minimum absolute atomic E-state index is 0.408. The van der Waals surface area contributed by atoms with Gasteiger partial charge in [0.15, 0.2) is 0 Å².